The molecule has 3 amide bonds. The van der Waals surface area contributed by atoms with Crippen LogP contribution < -0.4 is 10.6 Å². The van der Waals surface area contributed by atoms with Crippen molar-refractivity contribution >= 4 is 28.8 Å². The lowest BCUT2D eigenvalue weighted by atomic mass is 9.90. The van der Waals surface area contributed by atoms with Gasteiger partial charge < -0.3 is 20.5 Å². The minimum atomic E-state index is -0.929. The Kier molecular flexibility index (Phi) is 8.92. The molecule has 0 bridgehead atoms. The van der Waals surface area contributed by atoms with Gasteiger partial charge in [0.1, 0.15) is 11.9 Å². The number of hydrogen-bond donors (Lipinski definition) is 3. The number of H-pyrrole nitrogens is 1. The van der Waals surface area contributed by atoms with Crippen LogP contribution in [0.5, 0.6) is 0 Å². The summed E-state index contributed by atoms with van der Waals surface area (Å²) in [5.74, 6) is -0.0367. The molecule has 1 aromatic carbocycles. The average Bonchev–Trinajstić information content (AvgIpc) is 3.26. The Bertz CT molecular complexity index is 992. The van der Waals surface area contributed by atoms with Crippen LogP contribution in [-0.2, 0) is 14.4 Å². The maximum absolute atomic E-state index is 13.3. The fourth-order valence-corrected chi connectivity index (χ4v) is 4.57. The largest absolute Gasteiger partial charge is 0.345 e. The summed E-state index contributed by atoms with van der Waals surface area (Å²) >= 11 is 0. The van der Waals surface area contributed by atoms with Crippen molar-refractivity contribution in [2.24, 2.45) is 5.41 Å². The summed E-state index contributed by atoms with van der Waals surface area (Å²) < 4.78 is 0. The van der Waals surface area contributed by atoms with E-state index in [9.17, 15) is 14.4 Å². The number of likely N-dealkylation sites (tertiary alicyclic amines) is 1. The quantitative estimate of drug-likeness (QED) is 0.496. The molecule has 3 atom stereocenters. The van der Waals surface area contributed by atoms with Crippen molar-refractivity contribution in [3.63, 3.8) is 0 Å². The average molecular weight is 484 g/mol. The predicted octanol–water partition coefficient (Wildman–Crippen LogP) is 4.23. The first-order valence-electron chi connectivity index (χ1n) is 12.9. The van der Waals surface area contributed by atoms with Crippen molar-refractivity contribution in [2.75, 3.05) is 6.54 Å². The Labute approximate surface area is 208 Å². The summed E-state index contributed by atoms with van der Waals surface area (Å²) in [4.78, 5) is 49.0. The fraction of sp³-hybridized carbons (Fsp3) is 0.630. The van der Waals surface area contributed by atoms with Gasteiger partial charge in [-0.1, -0.05) is 39.8 Å². The molecule has 192 valence electrons. The van der Waals surface area contributed by atoms with E-state index in [2.05, 4.69) is 48.3 Å². The monoisotopic (exact) mass is 483 g/mol. The molecule has 0 aliphatic carbocycles. The topological polar surface area (TPSA) is 107 Å². The number of nitrogens with one attached hydrogen (secondary N) is 3. The van der Waals surface area contributed by atoms with Gasteiger partial charge in [0, 0.05) is 19.0 Å². The standard InChI is InChI=1S/C27H41N5O3/c1-6-19-11-9-10-16-32(19)24(34)17-22(29-23(33)14-15-27(3,4)5)26(35)28-18(2)25-30-20-12-7-8-13-21(20)31-25/h7-8,12-13,18-19,22H,6,9-11,14-17H2,1-5H3,(H,28,35)(H,29,33)(H,30,31)/t18?,19-,22?/m0/s1. The van der Waals surface area contributed by atoms with Gasteiger partial charge in [0.25, 0.3) is 0 Å². The number of aromatic amines is 1. The van der Waals surface area contributed by atoms with E-state index in [0.29, 0.717) is 25.2 Å². The number of benzene rings is 1. The van der Waals surface area contributed by atoms with E-state index in [1.54, 1.807) is 0 Å². The number of imidazole rings is 1. The summed E-state index contributed by atoms with van der Waals surface area (Å²) in [5, 5.41) is 5.80. The van der Waals surface area contributed by atoms with Crippen LogP contribution in [0.2, 0.25) is 0 Å². The molecule has 1 aliphatic rings. The van der Waals surface area contributed by atoms with Crippen LogP contribution in [0.3, 0.4) is 0 Å². The van der Waals surface area contributed by atoms with Crippen LogP contribution >= 0.6 is 0 Å². The van der Waals surface area contributed by atoms with Gasteiger partial charge in [-0.3, -0.25) is 14.4 Å². The number of carbonyl (C=O) groups excluding carboxylic acids is 3. The third-order valence-electron chi connectivity index (χ3n) is 6.73. The number of rotatable bonds is 9. The Balaban J connectivity index is 1.71. The van der Waals surface area contributed by atoms with E-state index >= 15 is 0 Å². The molecular formula is C27H41N5O3. The zero-order chi connectivity index (χ0) is 25.6. The van der Waals surface area contributed by atoms with E-state index in [1.807, 2.05) is 36.1 Å². The van der Waals surface area contributed by atoms with Gasteiger partial charge in [-0.2, -0.15) is 0 Å². The van der Waals surface area contributed by atoms with Crippen LogP contribution in [0, 0.1) is 5.41 Å². The number of amides is 3. The van der Waals surface area contributed by atoms with Crippen LogP contribution in [-0.4, -0.2) is 51.2 Å². The van der Waals surface area contributed by atoms with Gasteiger partial charge in [-0.25, -0.2) is 4.98 Å². The molecule has 1 fully saturated rings. The third kappa shape index (κ3) is 7.54. The molecule has 2 unspecified atom stereocenters. The first-order valence-corrected chi connectivity index (χ1v) is 12.9. The Morgan fingerprint density at radius 2 is 1.91 bits per heavy atom. The molecule has 0 spiro atoms. The minimum Gasteiger partial charge on any atom is -0.345 e. The molecule has 1 aliphatic heterocycles. The van der Waals surface area contributed by atoms with Crippen LogP contribution in [0.1, 0.15) is 91.4 Å². The highest BCUT2D eigenvalue weighted by atomic mass is 16.2. The number of carbonyl (C=O) groups is 3. The predicted molar refractivity (Wildman–Crippen MR) is 138 cm³/mol. The molecule has 2 heterocycles. The first kappa shape index (κ1) is 26.7. The molecule has 1 saturated heterocycles. The van der Waals surface area contributed by atoms with Gasteiger partial charge in [-0.05, 0) is 56.6 Å². The number of hydrogen-bond acceptors (Lipinski definition) is 4. The van der Waals surface area contributed by atoms with Gasteiger partial charge >= 0.3 is 0 Å². The number of piperidine rings is 1. The smallest absolute Gasteiger partial charge is 0.243 e. The molecule has 3 rings (SSSR count). The zero-order valence-electron chi connectivity index (χ0n) is 21.8. The second-order valence-electron chi connectivity index (χ2n) is 10.9. The molecule has 8 nitrogen and oxygen atoms in total. The first-order chi connectivity index (χ1) is 16.6. The van der Waals surface area contributed by atoms with Gasteiger partial charge in [0.2, 0.25) is 17.7 Å². The lowest BCUT2D eigenvalue weighted by Crippen LogP contribution is -2.52. The second kappa shape index (κ2) is 11.7. The van der Waals surface area contributed by atoms with Crippen molar-refractivity contribution in [3.8, 4) is 0 Å². The summed E-state index contributed by atoms with van der Waals surface area (Å²) in [6.45, 7) is 10.9. The van der Waals surface area contributed by atoms with Crippen molar-refractivity contribution in [1.82, 2.24) is 25.5 Å². The minimum absolute atomic E-state index is 0.00285. The van der Waals surface area contributed by atoms with Crippen LogP contribution in [0.15, 0.2) is 24.3 Å². The number of nitrogens with zero attached hydrogens (tertiary/aromatic N) is 2. The molecule has 3 N–H and O–H groups in total. The fourth-order valence-electron chi connectivity index (χ4n) is 4.57. The van der Waals surface area contributed by atoms with Crippen molar-refractivity contribution in [2.45, 2.75) is 97.7 Å². The molecule has 1 aromatic heterocycles. The van der Waals surface area contributed by atoms with E-state index in [0.717, 1.165) is 36.7 Å². The summed E-state index contributed by atoms with van der Waals surface area (Å²) in [5.41, 5.74) is 1.71. The van der Waals surface area contributed by atoms with Crippen LogP contribution in [0.25, 0.3) is 11.0 Å². The van der Waals surface area contributed by atoms with Gasteiger partial charge in [0.15, 0.2) is 0 Å². The maximum Gasteiger partial charge on any atom is 0.243 e. The molecule has 8 heteroatoms. The van der Waals surface area contributed by atoms with Crippen molar-refractivity contribution in [1.29, 1.82) is 0 Å². The van der Waals surface area contributed by atoms with E-state index in [4.69, 9.17) is 0 Å². The molecule has 0 radical (unpaired) electrons. The molecular weight excluding hydrogens is 442 g/mol. The highest BCUT2D eigenvalue weighted by Gasteiger charge is 2.31. The van der Waals surface area contributed by atoms with E-state index in [1.165, 1.54) is 0 Å². The third-order valence-corrected chi connectivity index (χ3v) is 6.73. The zero-order valence-corrected chi connectivity index (χ0v) is 21.8. The highest BCUT2D eigenvalue weighted by molar-refractivity contribution is 5.92. The highest BCUT2D eigenvalue weighted by Crippen LogP contribution is 2.22. The Morgan fingerprint density at radius 3 is 2.60 bits per heavy atom. The number of para-hydroxylation sites is 2. The molecule has 0 saturated carbocycles. The lowest BCUT2D eigenvalue weighted by Gasteiger charge is -2.36. The van der Waals surface area contributed by atoms with Gasteiger partial charge in [0.05, 0.1) is 23.5 Å². The number of fused-ring (bicyclic) bond motifs is 1. The van der Waals surface area contributed by atoms with Crippen molar-refractivity contribution < 1.29 is 14.4 Å². The summed E-state index contributed by atoms with van der Waals surface area (Å²) in [6, 6.07) is 6.54. The van der Waals surface area contributed by atoms with Gasteiger partial charge in [-0.15, -0.1) is 0 Å². The SMILES string of the molecule is CC[C@H]1CCCCN1C(=O)CC(NC(=O)CCC(C)(C)C)C(=O)NC(C)c1nc2ccccc2[nH]1. The van der Waals surface area contributed by atoms with Crippen molar-refractivity contribution in [3.05, 3.63) is 30.1 Å². The Morgan fingerprint density at radius 1 is 1.17 bits per heavy atom. The van der Waals surface area contributed by atoms with Crippen LogP contribution in [0.4, 0.5) is 0 Å². The molecule has 2 aromatic rings. The second-order valence-corrected chi connectivity index (χ2v) is 10.9. The lowest BCUT2D eigenvalue weighted by molar-refractivity contribution is -0.139. The maximum atomic E-state index is 13.3. The van der Waals surface area contributed by atoms with E-state index in [-0.39, 0.29) is 35.6 Å². The number of aromatic nitrogens is 2. The molecule has 35 heavy (non-hydrogen) atoms. The Hall–Kier alpha value is -2.90. The van der Waals surface area contributed by atoms with E-state index < -0.39 is 12.1 Å². The summed E-state index contributed by atoms with van der Waals surface area (Å²) in [6.07, 6.45) is 4.92. The summed E-state index contributed by atoms with van der Waals surface area (Å²) in [7, 11) is 0. The normalized spacial score (nSPS) is 18.2.